The number of nitrogens with zero attached hydrogens (tertiary/aromatic N) is 2. The maximum Gasteiger partial charge on any atom is 0.287 e. The maximum atomic E-state index is 12.4. The number of benzene rings is 1. The lowest BCUT2D eigenvalue weighted by Gasteiger charge is -2.26. The van der Waals surface area contributed by atoms with E-state index in [-0.39, 0.29) is 17.6 Å². The molecular formula is C22H24N4O4. The quantitative estimate of drug-likeness (QED) is 0.583. The molecule has 3 heterocycles. The van der Waals surface area contributed by atoms with E-state index in [9.17, 15) is 9.59 Å². The molecule has 8 heteroatoms. The van der Waals surface area contributed by atoms with Gasteiger partial charge < -0.3 is 19.8 Å². The second-order valence-corrected chi connectivity index (χ2v) is 7.12. The van der Waals surface area contributed by atoms with Crippen LogP contribution >= 0.6 is 0 Å². The molecule has 0 aliphatic carbocycles. The van der Waals surface area contributed by atoms with Gasteiger partial charge in [0.25, 0.3) is 11.8 Å². The highest BCUT2D eigenvalue weighted by Crippen LogP contribution is 2.23. The van der Waals surface area contributed by atoms with Gasteiger partial charge in [0.15, 0.2) is 5.76 Å². The van der Waals surface area contributed by atoms with Crippen LogP contribution in [0.15, 0.2) is 53.2 Å². The third kappa shape index (κ3) is 5.03. The number of fused-ring (bicyclic) bond motifs is 1. The number of nitrogens with one attached hydrogen (secondary N) is 2. The second-order valence-electron chi connectivity index (χ2n) is 7.12. The van der Waals surface area contributed by atoms with Crippen LogP contribution in [-0.2, 0) is 4.74 Å². The molecule has 2 N–H and O–H groups in total. The first-order valence-corrected chi connectivity index (χ1v) is 10.0. The smallest absolute Gasteiger partial charge is 0.287 e. The zero-order valence-electron chi connectivity index (χ0n) is 16.6. The molecule has 0 unspecified atom stereocenters. The highest BCUT2D eigenvalue weighted by atomic mass is 16.5. The van der Waals surface area contributed by atoms with E-state index in [2.05, 4.69) is 20.5 Å². The third-order valence-corrected chi connectivity index (χ3v) is 4.98. The van der Waals surface area contributed by atoms with Crippen LogP contribution in [0.3, 0.4) is 0 Å². The number of carbonyl (C=O) groups is 2. The van der Waals surface area contributed by atoms with Gasteiger partial charge in [-0.05, 0) is 49.4 Å². The van der Waals surface area contributed by atoms with E-state index in [1.807, 2.05) is 0 Å². The lowest BCUT2D eigenvalue weighted by Crippen LogP contribution is -2.38. The molecule has 3 aromatic rings. The first kappa shape index (κ1) is 20.1. The van der Waals surface area contributed by atoms with Crippen molar-refractivity contribution in [3.8, 4) is 0 Å². The van der Waals surface area contributed by atoms with Gasteiger partial charge in [-0.2, -0.15) is 0 Å². The average Bonchev–Trinajstić information content (AvgIpc) is 3.21. The molecule has 1 fully saturated rings. The monoisotopic (exact) mass is 408 g/mol. The molecule has 30 heavy (non-hydrogen) atoms. The van der Waals surface area contributed by atoms with Crippen molar-refractivity contribution in [3.63, 3.8) is 0 Å². The largest absolute Gasteiger partial charge is 0.451 e. The fraction of sp³-hybridized carbons (Fsp3) is 0.318. The van der Waals surface area contributed by atoms with Gasteiger partial charge in [0.2, 0.25) is 0 Å². The minimum absolute atomic E-state index is 0.224. The summed E-state index contributed by atoms with van der Waals surface area (Å²) in [6.45, 7) is 4.95. The molecule has 2 aromatic heterocycles. The number of morpholine rings is 1. The number of ether oxygens (including phenoxy) is 1. The van der Waals surface area contributed by atoms with Crippen molar-refractivity contribution in [1.29, 1.82) is 0 Å². The van der Waals surface area contributed by atoms with Crippen LogP contribution in [-0.4, -0.2) is 61.1 Å². The average molecular weight is 408 g/mol. The molecule has 0 spiro atoms. The Hall–Kier alpha value is -3.23. The number of amides is 2. The van der Waals surface area contributed by atoms with E-state index in [0.717, 1.165) is 44.7 Å². The number of furan rings is 1. The molecule has 1 saturated heterocycles. The van der Waals surface area contributed by atoms with Gasteiger partial charge in [0.1, 0.15) is 5.58 Å². The third-order valence-electron chi connectivity index (χ3n) is 4.98. The number of pyridine rings is 1. The van der Waals surface area contributed by atoms with Crippen LogP contribution in [0.4, 0.5) is 5.69 Å². The van der Waals surface area contributed by atoms with Crippen molar-refractivity contribution >= 4 is 28.5 Å². The number of aromatic nitrogens is 1. The van der Waals surface area contributed by atoms with Crippen molar-refractivity contribution in [2.75, 3.05) is 44.7 Å². The second kappa shape index (κ2) is 9.51. The minimum atomic E-state index is -0.240. The summed E-state index contributed by atoms with van der Waals surface area (Å²) in [4.78, 5) is 30.9. The number of rotatable bonds is 7. The minimum Gasteiger partial charge on any atom is -0.451 e. The molecule has 2 amide bonds. The van der Waals surface area contributed by atoms with E-state index >= 15 is 0 Å². The van der Waals surface area contributed by atoms with Gasteiger partial charge in [0, 0.05) is 48.7 Å². The maximum absolute atomic E-state index is 12.4. The Labute approximate surface area is 174 Å². The van der Waals surface area contributed by atoms with Crippen molar-refractivity contribution in [3.05, 3.63) is 60.1 Å². The molecule has 4 rings (SSSR count). The van der Waals surface area contributed by atoms with Gasteiger partial charge in [-0.1, -0.05) is 0 Å². The molecule has 156 valence electrons. The van der Waals surface area contributed by atoms with E-state index in [0.29, 0.717) is 23.4 Å². The summed E-state index contributed by atoms with van der Waals surface area (Å²) >= 11 is 0. The fourth-order valence-corrected chi connectivity index (χ4v) is 3.36. The fourth-order valence-electron chi connectivity index (χ4n) is 3.36. The van der Waals surface area contributed by atoms with E-state index in [1.165, 1.54) is 0 Å². The topological polar surface area (TPSA) is 96.7 Å². The van der Waals surface area contributed by atoms with Crippen molar-refractivity contribution in [2.24, 2.45) is 0 Å². The Balaban J connectivity index is 1.32. The van der Waals surface area contributed by atoms with E-state index < -0.39 is 0 Å². The molecule has 1 aromatic carbocycles. The van der Waals surface area contributed by atoms with E-state index in [1.54, 1.807) is 48.8 Å². The zero-order chi connectivity index (χ0) is 20.8. The standard InChI is InChI=1S/C22H24N4O4/c27-21(16-4-7-23-8-5-16)25-18-2-3-19-17(14-18)15-20(30-19)22(28)24-6-1-9-26-10-12-29-13-11-26/h2-5,7-8,14-15H,1,6,9-13H2,(H,24,28)(H,25,27). The Bertz CT molecular complexity index is 1010. The van der Waals surface area contributed by atoms with E-state index in [4.69, 9.17) is 9.15 Å². The first-order valence-electron chi connectivity index (χ1n) is 10.0. The van der Waals surface area contributed by atoms with Gasteiger partial charge >= 0.3 is 0 Å². The Morgan fingerprint density at radius 2 is 1.83 bits per heavy atom. The first-order chi connectivity index (χ1) is 14.7. The molecular weight excluding hydrogens is 384 g/mol. The van der Waals surface area contributed by atoms with Gasteiger partial charge in [0.05, 0.1) is 13.2 Å². The van der Waals surface area contributed by atoms with Gasteiger partial charge in [-0.25, -0.2) is 0 Å². The lowest BCUT2D eigenvalue weighted by atomic mass is 10.2. The zero-order valence-corrected chi connectivity index (χ0v) is 16.6. The van der Waals surface area contributed by atoms with Crippen LogP contribution in [0.2, 0.25) is 0 Å². The number of carbonyl (C=O) groups excluding carboxylic acids is 2. The Morgan fingerprint density at radius 3 is 2.63 bits per heavy atom. The van der Waals surface area contributed by atoms with Crippen LogP contribution < -0.4 is 10.6 Å². The van der Waals surface area contributed by atoms with Crippen molar-refractivity contribution < 1.29 is 18.7 Å². The van der Waals surface area contributed by atoms with Gasteiger partial charge in [-0.15, -0.1) is 0 Å². The molecule has 1 aliphatic heterocycles. The lowest BCUT2D eigenvalue weighted by molar-refractivity contribution is 0.0374. The summed E-state index contributed by atoms with van der Waals surface area (Å²) in [5.41, 5.74) is 1.74. The summed E-state index contributed by atoms with van der Waals surface area (Å²) in [5, 5.41) is 6.49. The summed E-state index contributed by atoms with van der Waals surface area (Å²) < 4.78 is 11.0. The summed E-state index contributed by atoms with van der Waals surface area (Å²) in [6.07, 6.45) is 4.01. The van der Waals surface area contributed by atoms with Crippen LogP contribution in [0.25, 0.3) is 11.0 Å². The van der Waals surface area contributed by atoms with Crippen molar-refractivity contribution in [2.45, 2.75) is 6.42 Å². The number of anilines is 1. The summed E-state index contributed by atoms with van der Waals surface area (Å²) in [5.74, 6) is -0.206. The van der Waals surface area contributed by atoms with Crippen LogP contribution in [0.1, 0.15) is 27.3 Å². The normalized spacial score (nSPS) is 14.5. The molecule has 0 atom stereocenters. The highest BCUT2D eigenvalue weighted by molar-refractivity contribution is 6.05. The summed E-state index contributed by atoms with van der Waals surface area (Å²) in [7, 11) is 0. The highest BCUT2D eigenvalue weighted by Gasteiger charge is 2.14. The van der Waals surface area contributed by atoms with Gasteiger partial charge in [-0.3, -0.25) is 19.5 Å². The van der Waals surface area contributed by atoms with Crippen LogP contribution in [0.5, 0.6) is 0 Å². The molecule has 1 aliphatic rings. The van der Waals surface area contributed by atoms with Crippen molar-refractivity contribution in [1.82, 2.24) is 15.2 Å². The Morgan fingerprint density at radius 1 is 1.03 bits per heavy atom. The number of hydrogen-bond donors (Lipinski definition) is 2. The molecule has 8 nitrogen and oxygen atoms in total. The predicted molar refractivity (Wildman–Crippen MR) is 113 cm³/mol. The number of hydrogen-bond acceptors (Lipinski definition) is 6. The van der Waals surface area contributed by atoms with Crippen LogP contribution in [0, 0.1) is 0 Å². The molecule has 0 bridgehead atoms. The molecule has 0 saturated carbocycles. The summed E-state index contributed by atoms with van der Waals surface area (Å²) in [6, 6.07) is 10.3. The Kier molecular flexibility index (Phi) is 6.36. The predicted octanol–water partition coefficient (Wildman–Crippen LogP) is 2.53. The SMILES string of the molecule is O=C(Nc1ccc2oc(C(=O)NCCCN3CCOCC3)cc2c1)c1ccncc1. The molecule has 0 radical (unpaired) electrons.